The largest absolute Gasteiger partial charge is 0.418 e. The number of likely N-dealkylation sites (tertiary alicyclic amines) is 1. The Balaban J connectivity index is 1.45. The summed E-state index contributed by atoms with van der Waals surface area (Å²) in [5, 5.41) is 6.14. The standard InChI is InChI=1S/C26H19F7N6O2/c1-11-5-17(29)13(20-7-14(26(31,32)33)22-23(34)35-10-36-39(20)22)6-12(11)24(40)37-19-9-38(8-18(19)30)25(41)21-15(27)3-2-4-16(21)28/h2-7,10,18-19H,8-9H2,1H3,(H,37,40)(H2,34,35,36)/t18-,19+/m0/s1. The Morgan fingerprint density at radius 2 is 1.73 bits per heavy atom. The Morgan fingerprint density at radius 1 is 1.05 bits per heavy atom. The van der Waals surface area contributed by atoms with E-state index in [4.69, 9.17) is 5.73 Å². The van der Waals surface area contributed by atoms with E-state index in [-0.39, 0.29) is 16.8 Å². The molecular formula is C26H19F7N6O2. The molecule has 0 bridgehead atoms. The van der Waals surface area contributed by atoms with Gasteiger partial charge >= 0.3 is 6.18 Å². The van der Waals surface area contributed by atoms with Crippen LogP contribution in [0, 0.1) is 24.4 Å². The molecule has 3 heterocycles. The molecule has 5 rings (SSSR count). The topological polar surface area (TPSA) is 106 Å². The number of anilines is 1. The number of hydrogen-bond donors (Lipinski definition) is 2. The number of rotatable bonds is 4. The lowest BCUT2D eigenvalue weighted by Gasteiger charge is -2.18. The van der Waals surface area contributed by atoms with Crippen LogP contribution in [0.15, 0.2) is 42.7 Å². The van der Waals surface area contributed by atoms with Gasteiger partial charge in [0.05, 0.1) is 23.8 Å². The minimum Gasteiger partial charge on any atom is -0.382 e. The third kappa shape index (κ3) is 4.91. The van der Waals surface area contributed by atoms with Gasteiger partial charge in [-0.1, -0.05) is 6.07 Å². The van der Waals surface area contributed by atoms with Gasteiger partial charge in [-0.2, -0.15) is 18.3 Å². The first-order chi connectivity index (χ1) is 19.3. The van der Waals surface area contributed by atoms with Crippen LogP contribution >= 0.6 is 0 Å². The zero-order valence-corrected chi connectivity index (χ0v) is 20.9. The van der Waals surface area contributed by atoms with E-state index in [0.29, 0.717) is 6.07 Å². The van der Waals surface area contributed by atoms with Crippen molar-refractivity contribution in [2.24, 2.45) is 0 Å². The maximum absolute atomic E-state index is 15.1. The highest BCUT2D eigenvalue weighted by molar-refractivity contribution is 5.98. The predicted octanol–water partition coefficient (Wildman–Crippen LogP) is 4.32. The summed E-state index contributed by atoms with van der Waals surface area (Å²) in [5.41, 5.74) is 2.01. The average molecular weight is 580 g/mol. The molecule has 0 spiro atoms. The smallest absolute Gasteiger partial charge is 0.382 e. The number of aryl methyl sites for hydroxylation is 1. The lowest BCUT2D eigenvalue weighted by molar-refractivity contribution is -0.136. The second kappa shape index (κ2) is 10.1. The summed E-state index contributed by atoms with van der Waals surface area (Å²) < 4.78 is 99.9. The van der Waals surface area contributed by atoms with Crippen LogP contribution in [0.25, 0.3) is 16.8 Å². The average Bonchev–Trinajstić information content (AvgIpc) is 3.45. The van der Waals surface area contributed by atoms with Crippen LogP contribution in [0.2, 0.25) is 0 Å². The molecule has 0 aliphatic carbocycles. The normalized spacial score (nSPS) is 17.3. The molecule has 2 aromatic carbocycles. The van der Waals surface area contributed by atoms with Crippen LogP contribution in [0.4, 0.5) is 36.6 Å². The van der Waals surface area contributed by atoms with E-state index >= 15 is 4.39 Å². The van der Waals surface area contributed by atoms with E-state index in [1.807, 2.05) is 0 Å². The van der Waals surface area contributed by atoms with Gasteiger partial charge in [0, 0.05) is 17.7 Å². The van der Waals surface area contributed by atoms with Crippen molar-refractivity contribution in [2.75, 3.05) is 18.8 Å². The summed E-state index contributed by atoms with van der Waals surface area (Å²) in [6.07, 6.45) is -5.83. The second-order valence-electron chi connectivity index (χ2n) is 9.40. The second-order valence-corrected chi connectivity index (χ2v) is 9.40. The fraction of sp³-hybridized carbons (Fsp3) is 0.231. The van der Waals surface area contributed by atoms with Gasteiger partial charge in [-0.15, -0.1) is 0 Å². The number of fused-ring (bicyclic) bond motifs is 1. The number of nitrogens with one attached hydrogen (secondary N) is 1. The van der Waals surface area contributed by atoms with Crippen molar-refractivity contribution in [3.8, 4) is 11.3 Å². The summed E-state index contributed by atoms with van der Waals surface area (Å²) in [5.74, 6) is -5.78. The maximum atomic E-state index is 15.1. The number of nitrogens with zero attached hydrogens (tertiary/aromatic N) is 4. The molecule has 1 fully saturated rings. The number of alkyl halides is 4. The van der Waals surface area contributed by atoms with Gasteiger partial charge in [0.2, 0.25) is 0 Å². The quantitative estimate of drug-likeness (QED) is 0.350. The molecule has 1 saturated heterocycles. The fourth-order valence-corrected chi connectivity index (χ4v) is 4.76. The number of benzene rings is 2. The number of carbonyl (C=O) groups is 2. The number of carbonyl (C=O) groups excluding carboxylic acids is 2. The molecular weight excluding hydrogens is 561 g/mol. The van der Waals surface area contributed by atoms with Crippen molar-refractivity contribution >= 4 is 23.1 Å². The molecule has 2 amide bonds. The minimum atomic E-state index is -4.89. The van der Waals surface area contributed by atoms with Gasteiger partial charge in [0.15, 0.2) is 5.82 Å². The summed E-state index contributed by atoms with van der Waals surface area (Å²) in [6.45, 7) is 0.363. The van der Waals surface area contributed by atoms with Crippen LogP contribution in [0.1, 0.15) is 31.8 Å². The van der Waals surface area contributed by atoms with Gasteiger partial charge in [0.1, 0.15) is 41.0 Å². The van der Waals surface area contributed by atoms with Gasteiger partial charge < -0.3 is 16.0 Å². The van der Waals surface area contributed by atoms with Crippen LogP contribution in [0.5, 0.6) is 0 Å². The molecule has 214 valence electrons. The molecule has 0 radical (unpaired) electrons. The number of aromatic nitrogens is 3. The van der Waals surface area contributed by atoms with Gasteiger partial charge in [-0.3, -0.25) is 9.59 Å². The first-order valence-corrected chi connectivity index (χ1v) is 12.0. The van der Waals surface area contributed by atoms with Crippen LogP contribution in [0.3, 0.4) is 0 Å². The summed E-state index contributed by atoms with van der Waals surface area (Å²) in [4.78, 5) is 30.2. The molecule has 8 nitrogen and oxygen atoms in total. The number of hydrogen-bond acceptors (Lipinski definition) is 5. The summed E-state index contributed by atoms with van der Waals surface area (Å²) >= 11 is 0. The highest BCUT2D eigenvalue weighted by Gasteiger charge is 2.39. The highest BCUT2D eigenvalue weighted by Crippen LogP contribution is 2.39. The molecule has 41 heavy (non-hydrogen) atoms. The first kappa shape index (κ1) is 27.9. The van der Waals surface area contributed by atoms with E-state index in [2.05, 4.69) is 15.4 Å². The Labute approximate surface area is 226 Å². The van der Waals surface area contributed by atoms with E-state index in [1.165, 1.54) is 6.92 Å². The van der Waals surface area contributed by atoms with Crippen molar-refractivity contribution in [3.63, 3.8) is 0 Å². The molecule has 2 aromatic heterocycles. The number of halogens is 7. The van der Waals surface area contributed by atoms with E-state index in [1.54, 1.807) is 0 Å². The Hall–Kier alpha value is -4.69. The van der Waals surface area contributed by atoms with Crippen molar-refractivity contribution in [3.05, 3.63) is 82.4 Å². The molecule has 4 aromatic rings. The molecule has 2 atom stereocenters. The SMILES string of the molecule is Cc1cc(F)c(-c2cc(C(F)(F)F)c3c(N)ncnn23)cc1C(=O)N[C@@H]1CN(C(=O)c2c(F)cccc2F)C[C@@H]1F. The number of nitrogen functional groups attached to an aromatic ring is 1. The van der Waals surface area contributed by atoms with Gasteiger partial charge in [-0.05, 0) is 42.8 Å². The molecule has 0 saturated carbocycles. The van der Waals surface area contributed by atoms with E-state index in [0.717, 1.165) is 46.1 Å². The third-order valence-electron chi connectivity index (χ3n) is 6.75. The number of nitrogens with two attached hydrogens (primary N) is 1. The van der Waals surface area contributed by atoms with Crippen molar-refractivity contribution < 1.29 is 40.3 Å². The zero-order chi connectivity index (χ0) is 29.8. The summed E-state index contributed by atoms with van der Waals surface area (Å²) in [7, 11) is 0. The third-order valence-corrected chi connectivity index (χ3v) is 6.75. The van der Waals surface area contributed by atoms with E-state index in [9.17, 15) is 35.9 Å². The maximum Gasteiger partial charge on any atom is 0.418 e. The van der Waals surface area contributed by atoms with Crippen LogP contribution < -0.4 is 11.1 Å². The fourth-order valence-electron chi connectivity index (χ4n) is 4.76. The number of amides is 2. The van der Waals surface area contributed by atoms with Crippen molar-refractivity contribution in [1.29, 1.82) is 0 Å². The van der Waals surface area contributed by atoms with Gasteiger partial charge in [-0.25, -0.2) is 27.1 Å². The molecule has 15 heteroatoms. The monoisotopic (exact) mass is 580 g/mol. The Kier molecular flexibility index (Phi) is 6.83. The van der Waals surface area contributed by atoms with Crippen LogP contribution in [-0.2, 0) is 6.18 Å². The zero-order valence-electron chi connectivity index (χ0n) is 20.9. The minimum absolute atomic E-state index is 0.0737. The van der Waals surface area contributed by atoms with Crippen molar-refractivity contribution in [2.45, 2.75) is 25.3 Å². The van der Waals surface area contributed by atoms with Crippen molar-refractivity contribution in [1.82, 2.24) is 24.8 Å². The molecule has 1 aliphatic rings. The highest BCUT2D eigenvalue weighted by atomic mass is 19.4. The lowest BCUT2D eigenvalue weighted by Crippen LogP contribution is -2.42. The Morgan fingerprint density at radius 3 is 2.39 bits per heavy atom. The molecule has 0 unspecified atom stereocenters. The van der Waals surface area contributed by atoms with Crippen LogP contribution in [-0.4, -0.2) is 56.6 Å². The molecule has 1 aliphatic heterocycles. The predicted molar refractivity (Wildman–Crippen MR) is 131 cm³/mol. The first-order valence-electron chi connectivity index (χ1n) is 12.0. The molecule has 3 N–H and O–H groups in total. The van der Waals surface area contributed by atoms with Gasteiger partial charge in [0.25, 0.3) is 11.8 Å². The summed E-state index contributed by atoms with van der Waals surface area (Å²) in [6, 6.07) is 4.04. The van der Waals surface area contributed by atoms with E-state index < -0.39 is 88.8 Å². The Bertz CT molecular complexity index is 1680. The lowest BCUT2D eigenvalue weighted by atomic mass is 10.0.